The minimum Gasteiger partial charge on any atom is -0.279 e. The van der Waals surface area contributed by atoms with Gasteiger partial charge in [-0.3, -0.25) is 4.72 Å². The van der Waals surface area contributed by atoms with Crippen LogP contribution in [0.5, 0.6) is 0 Å². The van der Waals surface area contributed by atoms with E-state index in [4.69, 9.17) is 0 Å². The maximum atomic E-state index is 11.8. The second-order valence-corrected chi connectivity index (χ2v) is 5.19. The molecule has 4 heteroatoms. The van der Waals surface area contributed by atoms with Crippen LogP contribution in [0.4, 0.5) is 0 Å². The predicted molar refractivity (Wildman–Crippen MR) is 68.0 cm³/mol. The van der Waals surface area contributed by atoms with Crippen molar-refractivity contribution >= 4 is 20.8 Å². The number of benzene rings is 2. The van der Waals surface area contributed by atoms with Gasteiger partial charge in [0.25, 0.3) is 10.0 Å². The second kappa shape index (κ2) is 4.45. The van der Waals surface area contributed by atoms with Gasteiger partial charge in [-0.05, 0) is 22.9 Å². The van der Waals surface area contributed by atoms with Gasteiger partial charge >= 0.3 is 0 Å². The average Bonchev–Trinajstić information content (AvgIpc) is 2.36. The maximum absolute atomic E-state index is 11.8. The van der Waals surface area contributed by atoms with Crippen LogP contribution in [-0.2, 0) is 10.0 Å². The van der Waals surface area contributed by atoms with Crippen molar-refractivity contribution in [1.29, 1.82) is 0 Å². The van der Waals surface area contributed by atoms with Crippen molar-refractivity contribution < 1.29 is 8.42 Å². The Hall–Kier alpha value is -2.03. The Kier molecular flexibility index (Phi) is 3.00. The van der Waals surface area contributed by atoms with Crippen LogP contribution in [0.2, 0.25) is 0 Å². The van der Waals surface area contributed by atoms with Crippen LogP contribution in [0, 0.1) is 0 Å². The lowest BCUT2D eigenvalue weighted by Gasteiger charge is -2.04. The molecule has 0 amide bonds. The van der Waals surface area contributed by atoms with Gasteiger partial charge in [0.2, 0.25) is 0 Å². The largest absolute Gasteiger partial charge is 0.279 e. The summed E-state index contributed by atoms with van der Waals surface area (Å²) in [6, 6.07) is 12.6. The van der Waals surface area contributed by atoms with E-state index in [1.165, 1.54) is 6.20 Å². The van der Waals surface area contributed by atoms with Crippen LogP contribution in [0.1, 0.15) is 0 Å². The van der Waals surface area contributed by atoms with Crippen LogP contribution < -0.4 is 4.72 Å². The molecule has 0 heterocycles. The molecular formula is C13H11NO2S. The van der Waals surface area contributed by atoms with Gasteiger partial charge < -0.3 is 0 Å². The van der Waals surface area contributed by atoms with Gasteiger partial charge in [0.05, 0.1) is 11.1 Å². The molecule has 0 radical (unpaired) electrons. The highest BCUT2D eigenvalue weighted by atomic mass is 32.2. The van der Waals surface area contributed by atoms with Crippen LogP contribution in [0.25, 0.3) is 10.8 Å². The molecule has 0 aliphatic heterocycles. The summed E-state index contributed by atoms with van der Waals surface area (Å²) >= 11 is 0. The van der Waals surface area contributed by atoms with Crippen LogP contribution in [-0.4, -0.2) is 8.42 Å². The van der Waals surface area contributed by atoms with Crippen LogP contribution >= 0.6 is 0 Å². The van der Waals surface area contributed by atoms with Gasteiger partial charge in [-0.2, -0.15) is 0 Å². The smallest absolute Gasteiger partial charge is 0.261 e. The quantitative estimate of drug-likeness (QED) is 0.844. The molecule has 0 fully saturated rings. The Bertz CT molecular complexity index is 698. The fourth-order valence-corrected chi connectivity index (χ4v) is 2.43. The number of nitrogens with one attached hydrogen (secondary N) is 1. The van der Waals surface area contributed by atoms with Crippen molar-refractivity contribution in [3.8, 4) is 0 Å². The molecule has 0 saturated carbocycles. The molecular weight excluding hydrogens is 234 g/mol. The zero-order chi connectivity index (χ0) is 12.3. The number of fused-ring (bicyclic) bond motifs is 1. The van der Waals surface area contributed by atoms with Crippen molar-refractivity contribution in [2.45, 2.75) is 4.90 Å². The summed E-state index contributed by atoms with van der Waals surface area (Å²) in [5.41, 5.74) is 2.37. The summed E-state index contributed by atoms with van der Waals surface area (Å²) in [7, 11) is -3.52. The summed E-state index contributed by atoms with van der Waals surface area (Å²) in [5.74, 6) is 0. The third-order valence-corrected chi connectivity index (χ3v) is 3.65. The molecule has 2 rings (SSSR count). The van der Waals surface area contributed by atoms with E-state index in [9.17, 15) is 8.42 Å². The van der Waals surface area contributed by atoms with E-state index in [1.54, 1.807) is 18.2 Å². The summed E-state index contributed by atoms with van der Waals surface area (Å²) in [4.78, 5) is 0.225. The Balaban J connectivity index is 2.53. The highest BCUT2D eigenvalue weighted by Crippen LogP contribution is 2.18. The normalized spacial score (nSPS) is 10.8. The SMILES string of the molecule is C=C=CNS(=O)(=O)c1ccc2ccccc2c1. The lowest BCUT2D eigenvalue weighted by atomic mass is 10.1. The van der Waals surface area contributed by atoms with Crippen molar-refractivity contribution in [1.82, 2.24) is 4.72 Å². The van der Waals surface area contributed by atoms with E-state index in [0.29, 0.717) is 0 Å². The van der Waals surface area contributed by atoms with E-state index in [2.05, 4.69) is 17.0 Å². The van der Waals surface area contributed by atoms with Crippen molar-refractivity contribution in [2.75, 3.05) is 0 Å². The van der Waals surface area contributed by atoms with Gasteiger partial charge in [-0.15, -0.1) is 5.73 Å². The average molecular weight is 245 g/mol. The molecule has 0 aliphatic carbocycles. The molecule has 17 heavy (non-hydrogen) atoms. The lowest BCUT2D eigenvalue weighted by Crippen LogP contribution is -2.17. The zero-order valence-electron chi connectivity index (χ0n) is 9.05. The van der Waals surface area contributed by atoms with Gasteiger partial charge in [-0.1, -0.05) is 36.9 Å². The first-order valence-electron chi connectivity index (χ1n) is 4.99. The van der Waals surface area contributed by atoms with E-state index in [1.807, 2.05) is 24.3 Å². The minimum atomic E-state index is -3.52. The fraction of sp³-hybridized carbons (Fsp3) is 0. The highest BCUT2D eigenvalue weighted by Gasteiger charge is 2.11. The number of sulfonamides is 1. The van der Waals surface area contributed by atoms with Crippen molar-refractivity contribution in [3.05, 3.63) is 61.0 Å². The summed E-state index contributed by atoms with van der Waals surface area (Å²) in [6.45, 7) is 3.30. The summed E-state index contributed by atoms with van der Waals surface area (Å²) in [6.07, 6.45) is 1.17. The Morgan fingerprint density at radius 1 is 1.12 bits per heavy atom. The molecule has 2 aromatic carbocycles. The molecule has 86 valence electrons. The molecule has 0 spiro atoms. The highest BCUT2D eigenvalue weighted by molar-refractivity contribution is 7.89. The standard InChI is InChI=1S/C13H11NO2S/c1-2-9-14-17(15,16)13-8-7-11-5-3-4-6-12(11)10-13/h3-10,14H,1H2. The molecule has 1 N–H and O–H groups in total. The first-order chi connectivity index (χ1) is 8.13. The monoisotopic (exact) mass is 245 g/mol. The van der Waals surface area contributed by atoms with Crippen LogP contribution in [0.3, 0.4) is 0 Å². The minimum absolute atomic E-state index is 0.225. The molecule has 3 nitrogen and oxygen atoms in total. The Labute approximate surface area is 100 Å². The molecule has 0 aliphatic rings. The molecule has 2 aromatic rings. The molecule has 0 atom stereocenters. The number of hydrogen-bond donors (Lipinski definition) is 1. The summed E-state index contributed by atoms with van der Waals surface area (Å²) < 4.78 is 25.9. The predicted octanol–water partition coefficient (Wildman–Crippen LogP) is 2.42. The molecule has 0 aromatic heterocycles. The van der Waals surface area contributed by atoms with Gasteiger partial charge in [0.1, 0.15) is 0 Å². The Morgan fingerprint density at radius 3 is 2.53 bits per heavy atom. The summed E-state index contributed by atoms with van der Waals surface area (Å²) in [5, 5.41) is 1.89. The van der Waals surface area contributed by atoms with E-state index in [-0.39, 0.29) is 4.90 Å². The van der Waals surface area contributed by atoms with Gasteiger partial charge in [0, 0.05) is 0 Å². The van der Waals surface area contributed by atoms with Crippen molar-refractivity contribution in [2.24, 2.45) is 0 Å². The van der Waals surface area contributed by atoms with Crippen LogP contribution in [0.15, 0.2) is 65.9 Å². The first kappa shape index (κ1) is 11.5. The maximum Gasteiger partial charge on any atom is 0.261 e. The van der Waals surface area contributed by atoms with Gasteiger partial charge in [-0.25, -0.2) is 8.42 Å². The third-order valence-electron chi connectivity index (χ3n) is 2.35. The van der Waals surface area contributed by atoms with E-state index >= 15 is 0 Å². The third kappa shape index (κ3) is 2.38. The van der Waals surface area contributed by atoms with E-state index in [0.717, 1.165) is 10.8 Å². The first-order valence-corrected chi connectivity index (χ1v) is 6.47. The van der Waals surface area contributed by atoms with Gasteiger partial charge in [0.15, 0.2) is 0 Å². The molecule has 0 saturated heterocycles. The fourth-order valence-electron chi connectivity index (χ4n) is 1.52. The molecule has 0 bridgehead atoms. The topological polar surface area (TPSA) is 46.2 Å². The number of hydrogen-bond acceptors (Lipinski definition) is 2. The lowest BCUT2D eigenvalue weighted by molar-refractivity contribution is 0.591. The van der Waals surface area contributed by atoms with E-state index < -0.39 is 10.0 Å². The Morgan fingerprint density at radius 2 is 1.82 bits per heavy atom. The molecule has 0 unspecified atom stereocenters. The zero-order valence-corrected chi connectivity index (χ0v) is 9.87. The van der Waals surface area contributed by atoms with Crippen molar-refractivity contribution in [3.63, 3.8) is 0 Å². The second-order valence-electron chi connectivity index (χ2n) is 3.48. The number of rotatable bonds is 3.